The number of rotatable bonds is 12. The summed E-state index contributed by atoms with van der Waals surface area (Å²) in [4.78, 5) is 49.3. The van der Waals surface area contributed by atoms with Crippen LogP contribution in [0.5, 0.6) is 0 Å². The molecule has 0 aliphatic heterocycles. The number of nitrogens with zero attached hydrogens (tertiary/aromatic N) is 2. The summed E-state index contributed by atoms with van der Waals surface area (Å²) < 4.78 is 28.7. The molecule has 37 heavy (non-hydrogen) atoms. The highest BCUT2D eigenvalue weighted by Crippen LogP contribution is 2.15. The second-order valence-electron chi connectivity index (χ2n) is 8.34. The number of sulfonamides is 1. The Morgan fingerprint density at radius 3 is 2.14 bits per heavy atom. The maximum atomic E-state index is 13.6. The first kappa shape index (κ1) is 27.3. The number of anilines is 1. The maximum absolute atomic E-state index is 13.6. The summed E-state index contributed by atoms with van der Waals surface area (Å²) in [6.45, 7) is 1.09. The number of carboxylic acid groups (broad SMARTS) is 1. The smallest absolute Gasteiger partial charge is 0.305 e. The molecule has 0 fully saturated rings. The van der Waals surface area contributed by atoms with Gasteiger partial charge in [-0.15, -0.1) is 0 Å². The van der Waals surface area contributed by atoms with Gasteiger partial charge in [0.15, 0.2) is 0 Å². The predicted molar refractivity (Wildman–Crippen MR) is 139 cm³/mol. The summed E-state index contributed by atoms with van der Waals surface area (Å²) in [5, 5.41) is 10.0. The van der Waals surface area contributed by atoms with Gasteiger partial charge in [-0.1, -0.05) is 60.7 Å². The average Bonchev–Trinajstić information content (AvgIpc) is 2.86. The first-order valence-corrected chi connectivity index (χ1v) is 13.1. The number of hydrogen-bond donors (Lipinski definition) is 2. The van der Waals surface area contributed by atoms with Crippen molar-refractivity contribution in [3.8, 4) is 0 Å². The van der Waals surface area contributed by atoms with Gasteiger partial charge < -0.3 is 9.90 Å². The van der Waals surface area contributed by atoms with E-state index in [-0.39, 0.29) is 36.3 Å². The first-order valence-electron chi connectivity index (χ1n) is 11.4. The molecule has 3 aromatic rings. The van der Waals surface area contributed by atoms with Crippen LogP contribution < -0.4 is 15.3 Å². The molecule has 1 heterocycles. The first-order chi connectivity index (χ1) is 17.6. The lowest BCUT2D eigenvalue weighted by atomic mass is 10.1. The van der Waals surface area contributed by atoms with Crippen molar-refractivity contribution in [3.63, 3.8) is 0 Å². The Kier molecular flexibility index (Phi) is 8.96. The van der Waals surface area contributed by atoms with Crippen LogP contribution >= 0.6 is 0 Å². The molecule has 0 saturated carbocycles. The lowest BCUT2D eigenvalue weighted by Crippen LogP contribution is -2.54. The number of nitrogens with one attached hydrogen (secondary N) is 1. The molecule has 3 rings (SSSR count). The van der Waals surface area contributed by atoms with Gasteiger partial charge >= 0.3 is 5.97 Å². The lowest BCUT2D eigenvalue weighted by Gasteiger charge is -2.30. The van der Waals surface area contributed by atoms with Gasteiger partial charge in [0.1, 0.15) is 18.0 Å². The van der Waals surface area contributed by atoms with Crippen LogP contribution in [0, 0.1) is 0 Å². The topological polar surface area (TPSA) is 143 Å². The van der Waals surface area contributed by atoms with Crippen molar-refractivity contribution >= 4 is 33.9 Å². The molecule has 0 aliphatic carbocycles. The number of pyridine rings is 1. The normalized spacial score (nSPS) is 11.9. The summed E-state index contributed by atoms with van der Waals surface area (Å²) in [7, 11) is -3.97. The Balaban J connectivity index is 2.05. The molecule has 0 spiro atoms. The van der Waals surface area contributed by atoms with Crippen LogP contribution in [0.3, 0.4) is 0 Å². The molecule has 10 nitrogen and oxygen atoms in total. The average molecular weight is 526 g/mol. The van der Waals surface area contributed by atoms with E-state index in [2.05, 4.69) is 4.72 Å². The van der Waals surface area contributed by atoms with Crippen molar-refractivity contribution in [2.24, 2.45) is 0 Å². The van der Waals surface area contributed by atoms with Crippen molar-refractivity contribution in [2.45, 2.75) is 32.2 Å². The molecule has 0 aliphatic rings. The molecule has 0 radical (unpaired) electrons. The van der Waals surface area contributed by atoms with E-state index in [0.717, 1.165) is 27.7 Å². The van der Waals surface area contributed by atoms with Crippen LogP contribution in [-0.4, -0.2) is 48.2 Å². The third kappa shape index (κ3) is 7.37. The van der Waals surface area contributed by atoms with Gasteiger partial charge in [-0.25, -0.2) is 18.1 Å². The maximum Gasteiger partial charge on any atom is 0.305 e. The van der Waals surface area contributed by atoms with Crippen molar-refractivity contribution < 1.29 is 27.9 Å². The second-order valence-corrected chi connectivity index (χ2v) is 10.2. The van der Waals surface area contributed by atoms with E-state index in [1.54, 1.807) is 54.6 Å². The molecular weight excluding hydrogens is 498 g/mol. The number of aldehydes is 1. The number of carbonyl (C=O) groups is 3. The molecule has 11 heteroatoms. The van der Waals surface area contributed by atoms with Crippen molar-refractivity contribution in [1.82, 2.24) is 4.68 Å². The Labute approximate surface area is 214 Å². The predicted octanol–water partition coefficient (Wildman–Crippen LogP) is 1.95. The monoisotopic (exact) mass is 525 g/mol. The van der Waals surface area contributed by atoms with Crippen LogP contribution in [0.15, 0.2) is 77.6 Å². The highest BCUT2D eigenvalue weighted by atomic mass is 32.2. The summed E-state index contributed by atoms with van der Waals surface area (Å²) in [6, 6.07) is 19.2. The number of benzene rings is 2. The van der Waals surface area contributed by atoms with Crippen LogP contribution in [0.1, 0.15) is 30.2 Å². The van der Waals surface area contributed by atoms with Crippen molar-refractivity contribution in [1.29, 1.82) is 0 Å². The minimum Gasteiger partial charge on any atom is -0.481 e. The summed E-state index contributed by atoms with van der Waals surface area (Å²) in [6.07, 6.45) is -0.111. The van der Waals surface area contributed by atoms with Crippen LogP contribution in [-0.2, 0) is 37.2 Å². The quantitative estimate of drug-likeness (QED) is 0.344. The zero-order chi connectivity index (χ0) is 27.0. The third-order valence-corrected chi connectivity index (χ3v) is 6.80. The molecule has 1 aromatic heterocycles. The van der Waals surface area contributed by atoms with Gasteiger partial charge in [0.2, 0.25) is 15.9 Å². The van der Waals surface area contributed by atoms with Gasteiger partial charge in [-0.05, 0) is 29.7 Å². The van der Waals surface area contributed by atoms with Gasteiger partial charge in [-0.3, -0.25) is 19.1 Å². The summed E-state index contributed by atoms with van der Waals surface area (Å²) in [5.74, 6) is -2.41. The van der Waals surface area contributed by atoms with Crippen LogP contribution in [0.25, 0.3) is 0 Å². The summed E-state index contributed by atoms with van der Waals surface area (Å²) in [5.41, 5.74) is 0.584. The van der Waals surface area contributed by atoms with Gasteiger partial charge in [0.25, 0.3) is 5.56 Å². The number of amides is 1. The number of aryl methyl sites for hydroxylation is 1. The van der Waals surface area contributed by atoms with Crippen molar-refractivity contribution in [2.75, 3.05) is 15.5 Å². The fourth-order valence-electron chi connectivity index (χ4n) is 3.83. The Hall–Kier alpha value is -4.25. The Morgan fingerprint density at radius 2 is 1.59 bits per heavy atom. The highest BCUT2D eigenvalue weighted by molar-refractivity contribution is 7.92. The Morgan fingerprint density at radius 1 is 1.00 bits per heavy atom. The standard InChI is InChI=1S/C26H27N3O7S/c1-19(31)28(23(18-30)17-25(32)33)29-22(16-21-10-6-3-7-11-21)12-13-24(26(29)34)27-37(35,36)15-14-20-8-4-2-5-9-20/h2-13,18,23,27H,14-17H2,1H3,(H,32,33). The number of carbonyl (C=O) groups excluding carboxylic acids is 2. The molecular formula is C26H27N3O7S. The van der Waals surface area contributed by atoms with E-state index in [1.807, 2.05) is 6.07 Å². The van der Waals surface area contributed by atoms with E-state index >= 15 is 0 Å². The molecule has 2 aromatic carbocycles. The Bertz CT molecular complexity index is 1420. The van der Waals surface area contributed by atoms with E-state index in [4.69, 9.17) is 0 Å². The highest BCUT2D eigenvalue weighted by Gasteiger charge is 2.29. The third-order valence-electron chi connectivity index (χ3n) is 5.53. The molecule has 0 bridgehead atoms. The molecule has 1 atom stereocenters. The molecule has 0 saturated heterocycles. The number of aliphatic carboxylic acids is 1. The van der Waals surface area contributed by atoms with E-state index in [9.17, 15) is 32.7 Å². The second kappa shape index (κ2) is 12.1. The SMILES string of the molecule is CC(=O)N(C(C=O)CC(=O)O)n1c(Cc2ccccc2)ccc(NS(=O)(=O)CCc2ccccc2)c1=O. The number of aromatic nitrogens is 1. The van der Waals surface area contributed by atoms with Gasteiger partial charge in [0, 0.05) is 19.0 Å². The summed E-state index contributed by atoms with van der Waals surface area (Å²) >= 11 is 0. The minimum atomic E-state index is -3.97. The zero-order valence-corrected chi connectivity index (χ0v) is 20.9. The largest absolute Gasteiger partial charge is 0.481 e. The molecule has 1 unspecified atom stereocenters. The minimum absolute atomic E-state index is 0.152. The van der Waals surface area contributed by atoms with Gasteiger partial charge in [0.05, 0.1) is 12.2 Å². The number of hydrogen-bond acceptors (Lipinski definition) is 6. The molecule has 1 amide bonds. The van der Waals surface area contributed by atoms with Crippen LogP contribution in [0.2, 0.25) is 0 Å². The van der Waals surface area contributed by atoms with E-state index in [1.165, 1.54) is 12.1 Å². The van der Waals surface area contributed by atoms with E-state index < -0.39 is 39.9 Å². The fourth-order valence-corrected chi connectivity index (χ4v) is 4.92. The molecule has 194 valence electrons. The lowest BCUT2D eigenvalue weighted by molar-refractivity contribution is -0.138. The molecule has 2 N–H and O–H groups in total. The van der Waals surface area contributed by atoms with Crippen LogP contribution in [0.4, 0.5) is 5.69 Å². The zero-order valence-electron chi connectivity index (χ0n) is 20.1. The van der Waals surface area contributed by atoms with Gasteiger partial charge in [-0.2, -0.15) is 0 Å². The van der Waals surface area contributed by atoms with Crippen molar-refractivity contribution in [3.05, 3.63) is 100.0 Å². The fraction of sp³-hybridized carbons (Fsp3) is 0.231. The van der Waals surface area contributed by atoms with E-state index in [0.29, 0.717) is 0 Å². The number of carboxylic acids is 1.